The zero-order valence-corrected chi connectivity index (χ0v) is 9.42. The highest BCUT2D eigenvalue weighted by molar-refractivity contribution is 4.66. The molecule has 14 heavy (non-hydrogen) atoms. The quantitative estimate of drug-likeness (QED) is 0.632. The van der Waals surface area contributed by atoms with Crippen LogP contribution in [-0.2, 0) is 9.47 Å². The molecule has 0 aromatic heterocycles. The maximum Gasteiger partial charge on any atom is 0.0518 e. The highest BCUT2D eigenvalue weighted by Gasteiger charge is 2.14. The second-order valence-corrected chi connectivity index (χ2v) is 4.21. The Morgan fingerprint density at radius 3 is 3.00 bits per heavy atom. The molecule has 1 N–H and O–H groups in total. The fourth-order valence-corrected chi connectivity index (χ4v) is 1.57. The largest absolute Gasteiger partial charge is 0.381 e. The van der Waals surface area contributed by atoms with Crippen LogP contribution in [0.2, 0.25) is 0 Å². The van der Waals surface area contributed by atoms with Crippen molar-refractivity contribution >= 4 is 0 Å². The second-order valence-electron chi connectivity index (χ2n) is 4.21. The van der Waals surface area contributed by atoms with Gasteiger partial charge in [0.15, 0.2) is 0 Å². The summed E-state index contributed by atoms with van der Waals surface area (Å²) in [6.45, 7) is 9.06. The Bertz CT molecular complexity index is 133. The van der Waals surface area contributed by atoms with Gasteiger partial charge in [-0.25, -0.2) is 0 Å². The number of hydrogen-bond donors (Lipinski definition) is 1. The van der Waals surface area contributed by atoms with E-state index in [1.807, 2.05) is 0 Å². The Labute approximate surface area is 87.2 Å². The highest BCUT2D eigenvalue weighted by Crippen LogP contribution is 2.10. The van der Waals surface area contributed by atoms with Gasteiger partial charge < -0.3 is 14.8 Å². The molecule has 1 aliphatic heterocycles. The van der Waals surface area contributed by atoms with Crippen LogP contribution in [0, 0.1) is 5.92 Å². The highest BCUT2D eigenvalue weighted by atomic mass is 16.5. The molecule has 0 spiro atoms. The van der Waals surface area contributed by atoms with Gasteiger partial charge in [0.05, 0.1) is 12.7 Å². The molecule has 0 aliphatic carbocycles. The van der Waals surface area contributed by atoms with Gasteiger partial charge in [-0.1, -0.05) is 0 Å². The number of nitrogens with one attached hydrogen (secondary N) is 1. The van der Waals surface area contributed by atoms with Crippen molar-refractivity contribution in [3.8, 4) is 0 Å². The van der Waals surface area contributed by atoms with Gasteiger partial charge in [0.25, 0.3) is 0 Å². The molecule has 1 atom stereocenters. The van der Waals surface area contributed by atoms with E-state index in [4.69, 9.17) is 9.47 Å². The van der Waals surface area contributed by atoms with E-state index in [2.05, 4.69) is 19.2 Å². The third-order valence-electron chi connectivity index (χ3n) is 2.41. The van der Waals surface area contributed by atoms with E-state index in [0.29, 0.717) is 6.10 Å². The molecule has 0 bridgehead atoms. The van der Waals surface area contributed by atoms with Crippen LogP contribution in [0.5, 0.6) is 0 Å². The predicted molar refractivity (Wildman–Crippen MR) is 57.5 cm³/mol. The van der Waals surface area contributed by atoms with Crippen LogP contribution in [0.3, 0.4) is 0 Å². The molecule has 0 saturated carbocycles. The molecular weight excluding hydrogens is 178 g/mol. The Kier molecular flexibility index (Phi) is 6.15. The molecule has 0 amide bonds. The Hall–Kier alpha value is -0.120. The summed E-state index contributed by atoms with van der Waals surface area (Å²) in [6.07, 6.45) is 2.68. The second kappa shape index (κ2) is 7.21. The van der Waals surface area contributed by atoms with Crippen molar-refractivity contribution in [2.45, 2.75) is 32.8 Å². The topological polar surface area (TPSA) is 30.5 Å². The zero-order valence-electron chi connectivity index (χ0n) is 9.42. The molecular formula is C11H23NO2. The lowest BCUT2D eigenvalue weighted by atomic mass is 10.1. The molecule has 1 fully saturated rings. The lowest BCUT2D eigenvalue weighted by Crippen LogP contribution is -2.25. The fraction of sp³-hybridized carbons (Fsp3) is 1.00. The third-order valence-corrected chi connectivity index (χ3v) is 2.41. The molecule has 0 aromatic rings. The summed E-state index contributed by atoms with van der Waals surface area (Å²) in [6, 6.07) is 0. The van der Waals surface area contributed by atoms with E-state index in [1.54, 1.807) is 0 Å². The van der Waals surface area contributed by atoms with E-state index >= 15 is 0 Å². The fourth-order valence-electron chi connectivity index (χ4n) is 1.57. The van der Waals surface area contributed by atoms with Crippen LogP contribution < -0.4 is 5.32 Å². The van der Waals surface area contributed by atoms with Crippen molar-refractivity contribution < 1.29 is 9.47 Å². The Balaban J connectivity index is 1.79. The first-order chi connectivity index (χ1) is 6.79. The lowest BCUT2D eigenvalue weighted by Gasteiger charge is -2.10. The van der Waals surface area contributed by atoms with Crippen molar-refractivity contribution in [2.24, 2.45) is 5.92 Å². The molecule has 3 heteroatoms. The molecule has 84 valence electrons. The molecule has 1 saturated heterocycles. The maximum absolute atomic E-state index is 5.45. The van der Waals surface area contributed by atoms with Crippen LogP contribution in [-0.4, -0.2) is 39.0 Å². The minimum Gasteiger partial charge on any atom is -0.381 e. The Morgan fingerprint density at radius 2 is 2.36 bits per heavy atom. The van der Waals surface area contributed by atoms with Crippen molar-refractivity contribution in [1.82, 2.24) is 5.32 Å². The zero-order chi connectivity index (χ0) is 10.2. The first kappa shape index (κ1) is 12.0. The SMILES string of the molecule is CC(C)OCCCNCC1CCOC1. The molecule has 1 aliphatic rings. The molecule has 1 unspecified atom stereocenters. The molecule has 1 rings (SSSR count). The van der Waals surface area contributed by atoms with Crippen LogP contribution in [0.1, 0.15) is 26.7 Å². The van der Waals surface area contributed by atoms with Crippen molar-refractivity contribution in [1.29, 1.82) is 0 Å². The smallest absolute Gasteiger partial charge is 0.0518 e. The van der Waals surface area contributed by atoms with E-state index in [-0.39, 0.29) is 0 Å². The summed E-state index contributed by atoms with van der Waals surface area (Å²) in [5.41, 5.74) is 0. The summed E-state index contributed by atoms with van der Waals surface area (Å²) < 4.78 is 10.8. The number of rotatable bonds is 7. The molecule has 0 aromatic carbocycles. The van der Waals surface area contributed by atoms with Crippen molar-refractivity contribution in [3.05, 3.63) is 0 Å². The normalized spacial score (nSPS) is 22.1. The predicted octanol–water partition coefficient (Wildman–Crippen LogP) is 1.43. The van der Waals surface area contributed by atoms with Crippen LogP contribution in [0.15, 0.2) is 0 Å². The minimum absolute atomic E-state index is 0.359. The van der Waals surface area contributed by atoms with Crippen molar-refractivity contribution in [3.63, 3.8) is 0 Å². The van der Waals surface area contributed by atoms with Gasteiger partial charge in [0.1, 0.15) is 0 Å². The van der Waals surface area contributed by atoms with Gasteiger partial charge >= 0.3 is 0 Å². The van der Waals surface area contributed by atoms with Gasteiger partial charge in [-0.15, -0.1) is 0 Å². The summed E-state index contributed by atoms with van der Waals surface area (Å²) >= 11 is 0. The van der Waals surface area contributed by atoms with Gasteiger partial charge in [-0.2, -0.15) is 0 Å². The van der Waals surface area contributed by atoms with E-state index in [9.17, 15) is 0 Å². The summed E-state index contributed by atoms with van der Waals surface area (Å²) in [5.74, 6) is 0.737. The first-order valence-corrected chi connectivity index (χ1v) is 5.69. The first-order valence-electron chi connectivity index (χ1n) is 5.69. The molecule has 0 radical (unpaired) electrons. The van der Waals surface area contributed by atoms with Crippen LogP contribution in [0.25, 0.3) is 0 Å². The summed E-state index contributed by atoms with van der Waals surface area (Å²) in [5, 5.41) is 3.44. The number of ether oxygens (including phenoxy) is 2. The van der Waals surface area contributed by atoms with E-state index < -0.39 is 0 Å². The molecule has 3 nitrogen and oxygen atoms in total. The minimum atomic E-state index is 0.359. The van der Waals surface area contributed by atoms with Gasteiger partial charge in [0, 0.05) is 19.8 Å². The summed E-state index contributed by atoms with van der Waals surface area (Å²) in [7, 11) is 0. The maximum atomic E-state index is 5.45. The van der Waals surface area contributed by atoms with E-state index in [0.717, 1.165) is 45.2 Å². The Morgan fingerprint density at radius 1 is 1.50 bits per heavy atom. The van der Waals surface area contributed by atoms with Crippen LogP contribution >= 0.6 is 0 Å². The number of hydrogen-bond acceptors (Lipinski definition) is 3. The van der Waals surface area contributed by atoms with Gasteiger partial charge in [-0.3, -0.25) is 0 Å². The average Bonchev–Trinajstić information content (AvgIpc) is 2.63. The molecule has 1 heterocycles. The summed E-state index contributed by atoms with van der Waals surface area (Å²) in [4.78, 5) is 0. The standard InChI is InChI=1S/C11H23NO2/c1-10(2)14-6-3-5-12-8-11-4-7-13-9-11/h10-12H,3-9H2,1-2H3. The van der Waals surface area contributed by atoms with E-state index in [1.165, 1.54) is 6.42 Å². The third kappa shape index (κ3) is 5.58. The average molecular weight is 201 g/mol. The van der Waals surface area contributed by atoms with Gasteiger partial charge in [0.2, 0.25) is 0 Å². The van der Waals surface area contributed by atoms with Crippen LogP contribution in [0.4, 0.5) is 0 Å². The lowest BCUT2D eigenvalue weighted by molar-refractivity contribution is 0.0769. The van der Waals surface area contributed by atoms with Crippen molar-refractivity contribution in [2.75, 3.05) is 32.9 Å². The monoisotopic (exact) mass is 201 g/mol. The van der Waals surface area contributed by atoms with Gasteiger partial charge in [-0.05, 0) is 39.2 Å².